The van der Waals surface area contributed by atoms with E-state index in [9.17, 15) is 29.1 Å². The number of hydrogen-bond acceptors (Lipinski definition) is 11. The number of cyclic esters (lactones) is 1. The van der Waals surface area contributed by atoms with Crippen LogP contribution in [0.15, 0.2) is 73.4 Å². The number of carbonyl (C=O) groups excluding carboxylic acids is 5. The molecule has 4 aromatic rings. The van der Waals surface area contributed by atoms with Crippen molar-refractivity contribution in [2.24, 2.45) is 17.3 Å². The number of β-amino-alcohol motifs (C(OH)–C–C–N with tert-alkyl or cyclic N) is 1. The van der Waals surface area contributed by atoms with Crippen LogP contribution in [-0.2, 0) is 57.6 Å². The Kier molecular flexibility index (Phi) is 14.5. The van der Waals surface area contributed by atoms with E-state index in [0.29, 0.717) is 38.4 Å². The largest absolute Gasteiger partial charge is 0.464 e. The van der Waals surface area contributed by atoms with E-state index in [-0.39, 0.29) is 45.2 Å². The predicted molar refractivity (Wildman–Crippen MR) is 260 cm³/mol. The van der Waals surface area contributed by atoms with Crippen LogP contribution < -0.4 is 10.7 Å². The average Bonchev–Trinajstić information content (AvgIpc) is 3.87. The van der Waals surface area contributed by atoms with Crippen molar-refractivity contribution in [2.45, 2.75) is 103 Å². The van der Waals surface area contributed by atoms with E-state index in [1.54, 1.807) is 27.2 Å². The third-order valence-corrected chi connectivity index (χ3v) is 14.2. The lowest BCUT2D eigenvalue weighted by Gasteiger charge is -2.37. The van der Waals surface area contributed by atoms with Crippen LogP contribution in [0, 0.1) is 17.3 Å². The van der Waals surface area contributed by atoms with Gasteiger partial charge in [-0.3, -0.25) is 34.0 Å². The van der Waals surface area contributed by atoms with Gasteiger partial charge in [-0.1, -0.05) is 64.6 Å². The predicted octanol–water partition coefficient (Wildman–Crippen LogP) is 5.00. The second-order valence-corrected chi connectivity index (χ2v) is 20.5. The molecule has 3 saturated heterocycles. The number of nitrogens with zero attached hydrogens (tertiary/aromatic N) is 5. The number of nitrogens with one attached hydrogen (secondary N) is 2. The number of amides is 4. The van der Waals surface area contributed by atoms with E-state index in [1.807, 2.05) is 37.3 Å². The van der Waals surface area contributed by atoms with Crippen LogP contribution in [-0.4, -0.2) is 136 Å². The molecule has 3 N–H and O–H groups in total. The van der Waals surface area contributed by atoms with Gasteiger partial charge >= 0.3 is 5.97 Å². The Bertz CT molecular complexity index is 2620. The third kappa shape index (κ3) is 10.2. The van der Waals surface area contributed by atoms with Crippen molar-refractivity contribution >= 4 is 40.5 Å². The number of hydrogen-bond donors (Lipinski definition) is 3. The molecule has 0 unspecified atom stereocenters. The number of likely N-dealkylation sites (N-methyl/N-ethyl adjacent to an activating group) is 1. The van der Waals surface area contributed by atoms with Gasteiger partial charge in [0.15, 0.2) is 5.60 Å². The molecule has 2 aromatic carbocycles. The molecule has 2 aromatic heterocycles. The highest BCUT2D eigenvalue weighted by Gasteiger charge is 2.48. The number of fused-ring (bicyclic) bond motifs is 6. The Morgan fingerprint density at radius 2 is 1.84 bits per heavy atom. The van der Waals surface area contributed by atoms with Crippen LogP contribution in [0.1, 0.15) is 76.8 Å². The Morgan fingerprint density at radius 1 is 1.07 bits per heavy atom. The molecule has 16 heteroatoms. The average molecular weight is 946 g/mol. The van der Waals surface area contributed by atoms with E-state index >= 15 is 0 Å². The number of hydrazine groups is 1. The van der Waals surface area contributed by atoms with Gasteiger partial charge in [0.25, 0.3) is 11.8 Å². The number of esters is 1. The molecule has 0 saturated carbocycles. The summed E-state index contributed by atoms with van der Waals surface area (Å²) in [5.41, 5.74) is 8.32. The minimum absolute atomic E-state index is 0.00238. The summed E-state index contributed by atoms with van der Waals surface area (Å²) >= 11 is 0. The number of aliphatic hydroxyl groups is 1. The van der Waals surface area contributed by atoms with Gasteiger partial charge in [-0.25, -0.2) is 5.43 Å². The van der Waals surface area contributed by atoms with Crippen molar-refractivity contribution in [3.8, 4) is 22.4 Å². The van der Waals surface area contributed by atoms with E-state index < -0.39 is 64.7 Å². The normalized spacial score (nSPS) is 22.9. The van der Waals surface area contributed by atoms with Crippen molar-refractivity contribution in [1.29, 1.82) is 0 Å². The van der Waals surface area contributed by atoms with Gasteiger partial charge in [0, 0.05) is 80.6 Å². The van der Waals surface area contributed by atoms with E-state index in [4.69, 9.17) is 19.2 Å². The van der Waals surface area contributed by atoms with Crippen LogP contribution in [0.5, 0.6) is 0 Å². The number of ether oxygens (including phenoxy) is 3. The molecule has 8 rings (SSSR count). The van der Waals surface area contributed by atoms with Gasteiger partial charge < -0.3 is 39.0 Å². The molecule has 6 bridgehead atoms. The standard InChI is InChI=1S/C53H67N7O9/c1-9-44(61)58-22-19-53(66,30-58)51(65)57(7)46(32(2)3)48(62)55-42-24-34-13-10-14-36(23-34)37-17-18-43-39(25-37)40(26-52(5,6)31-69-50(64)41-16-12-21-60(56-41)49(42)63)47(59(43)27-35-28-68-29-35)38-15-11-20-54-45(38)33(4)67-8/h9-11,13-15,17-18,20,23,25,32-33,35,41-42,46,56,66H,1,12,16,19,21-22,24,26-31H2,2-8H3,(H,55,62)/t33-,41-,42-,46-,53-/m0/s1. The van der Waals surface area contributed by atoms with E-state index in [1.165, 1.54) is 21.9 Å². The third-order valence-electron chi connectivity index (χ3n) is 14.2. The first kappa shape index (κ1) is 49.5. The molecule has 4 amide bonds. The molecule has 3 fully saturated rings. The number of likely N-dealkylation sites (tertiary alicyclic amines) is 1. The summed E-state index contributed by atoms with van der Waals surface area (Å²) < 4.78 is 20.1. The smallest absolute Gasteiger partial charge is 0.324 e. The minimum Gasteiger partial charge on any atom is -0.464 e. The van der Waals surface area contributed by atoms with Crippen molar-refractivity contribution in [1.82, 2.24) is 35.1 Å². The van der Waals surface area contributed by atoms with E-state index in [2.05, 4.69) is 60.0 Å². The maximum atomic E-state index is 14.8. The highest BCUT2D eigenvalue weighted by Crippen LogP contribution is 2.43. The molecule has 69 heavy (non-hydrogen) atoms. The first-order chi connectivity index (χ1) is 32.9. The molecule has 0 aliphatic carbocycles. The van der Waals surface area contributed by atoms with Crippen molar-refractivity contribution in [2.75, 3.05) is 53.6 Å². The van der Waals surface area contributed by atoms with Crippen molar-refractivity contribution < 1.29 is 43.3 Å². The molecule has 0 radical (unpaired) electrons. The van der Waals surface area contributed by atoms with Gasteiger partial charge in [-0.05, 0) is 84.7 Å². The van der Waals surface area contributed by atoms with Crippen molar-refractivity contribution in [3.63, 3.8) is 0 Å². The molecule has 0 spiro atoms. The van der Waals surface area contributed by atoms with E-state index in [0.717, 1.165) is 62.7 Å². The summed E-state index contributed by atoms with van der Waals surface area (Å²) in [7, 11) is 3.14. The van der Waals surface area contributed by atoms with Gasteiger partial charge in [-0.2, -0.15) is 0 Å². The zero-order chi connectivity index (χ0) is 49.4. The maximum absolute atomic E-state index is 14.8. The number of carbonyl (C=O) groups is 5. The molecule has 16 nitrogen and oxygen atoms in total. The van der Waals surface area contributed by atoms with Crippen LogP contribution in [0.3, 0.4) is 0 Å². The Hall–Kier alpha value is -5.94. The molecule has 4 aliphatic heterocycles. The SMILES string of the molecule is C=CC(=O)N1CC[C@@](O)(C(=O)N(C)[C@H](C(=O)N[C@H]2Cc3cccc(c3)-c3ccc4c(c3)c(c(-c3cccnc3[C@H](C)OC)n4CC3COC3)CC(C)(C)COC(=O)[C@@H]3CCCN(N3)C2=O)C(C)C)C1. The quantitative estimate of drug-likeness (QED) is 0.136. The molecular weight excluding hydrogens is 879 g/mol. The monoisotopic (exact) mass is 946 g/mol. The summed E-state index contributed by atoms with van der Waals surface area (Å²) in [6.07, 6.45) is 4.24. The zero-order valence-corrected chi connectivity index (χ0v) is 41.0. The molecule has 4 aliphatic rings. The number of pyridine rings is 1. The van der Waals surface area contributed by atoms with Gasteiger partial charge in [0.05, 0.1) is 43.9 Å². The molecule has 6 heterocycles. The second-order valence-electron chi connectivity index (χ2n) is 20.5. The highest BCUT2D eigenvalue weighted by atomic mass is 16.5. The summed E-state index contributed by atoms with van der Waals surface area (Å²) in [6, 6.07) is 15.5. The van der Waals surface area contributed by atoms with Crippen LogP contribution in [0.4, 0.5) is 0 Å². The molecular formula is C53H67N7O9. The highest BCUT2D eigenvalue weighted by molar-refractivity contribution is 5.97. The Labute approximate surface area is 404 Å². The lowest BCUT2D eigenvalue weighted by molar-refractivity contribution is -0.156. The molecule has 5 atom stereocenters. The second kappa shape index (κ2) is 20.2. The minimum atomic E-state index is -1.91. The number of benzene rings is 2. The fourth-order valence-electron chi connectivity index (χ4n) is 10.4. The van der Waals surface area contributed by atoms with Crippen LogP contribution in [0.2, 0.25) is 0 Å². The summed E-state index contributed by atoms with van der Waals surface area (Å²) in [4.78, 5) is 77.2. The van der Waals surface area contributed by atoms with Crippen LogP contribution in [0.25, 0.3) is 33.3 Å². The first-order valence-electron chi connectivity index (χ1n) is 24.2. The zero-order valence-electron chi connectivity index (χ0n) is 41.0. The number of aromatic nitrogens is 2. The lowest BCUT2D eigenvalue weighted by Crippen LogP contribution is -2.63. The summed E-state index contributed by atoms with van der Waals surface area (Å²) in [6.45, 7) is 15.7. The Balaban J connectivity index is 1.20. The summed E-state index contributed by atoms with van der Waals surface area (Å²) in [5, 5.41) is 17.0. The van der Waals surface area contributed by atoms with Gasteiger partial charge in [-0.15, -0.1) is 0 Å². The van der Waals surface area contributed by atoms with Gasteiger partial charge in [0.1, 0.15) is 18.1 Å². The first-order valence-corrected chi connectivity index (χ1v) is 24.2. The lowest BCUT2D eigenvalue weighted by atomic mass is 9.84. The van der Waals surface area contributed by atoms with Crippen LogP contribution >= 0.6 is 0 Å². The number of rotatable bonds is 11. The Morgan fingerprint density at radius 3 is 2.55 bits per heavy atom. The fraction of sp³-hybridized carbons (Fsp3) is 0.509. The topological polar surface area (TPSA) is 185 Å². The molecule has 368 valence electrons. The maximum Gasteiger partial charge on any atom is 0.324 e. The summed E-state index contributed by atoms with van der Waals surface area (Å²) in [5.74, 6) is -2.74. The van der Waals surface area contributed by atoms with Gasteiger partial charge in [0.2, 0.25) is 11.8 Å². The van der Waals surface area contributed by atoms with Crippen molar-refractivity contribution in [3.05, 3.63) is 90.3 Å². The fourth-order valence-corrected chi connectivity index (χ4v) is 10.4. The number of methoxy groups -OCH3 is 1.